The summed E-state index contributed by atoms with van der Waals surface area (Å²) in [6.45, 7) is 5.48. The number of nitrogens with one attached hydrogen (secondary N) is 2. The molecular weight excluding hydrogens is 262 g/mol. The van der Waals surface area contributed by atoms with Crippen molar-refractivity contribution in [2.45, 2.75) is 58.0 Å². The van der Waals surface area contributed by atoms with Crippen molar-refractivity contribution in [2.75, 3.05) is 11.9 Å². The second-order valence-corrected chi connectivity index (χ2v) is 6.07. The van der Waals surface area contributed by atoms with Gasteiger partial charge in [-0.05, 0) is 50.9 Å². The van der Waals surface area contributed by atoms with Crippen LogP contribution in [0.4, 0.5) is 5.69 Å². The molecule has 0 bridgehead atoms. The molecule has 1 saturated heterocycles. The van der Waals surface area contributed by atoms with Crippen molar-refractivity contribution in [3.63, 3.8) is 0 Å². The fourth-order valence-corrected chi connectivity index (χ4v) is 3.11. The molecule has 1 fully saturated rings. The maximum absolute atomic E-state index is 5.65. The zero-order chi connectivity index (χ0) is 14.7. The lowest BCUT2D eigenvalue weighted by Gasteiger charge is -2.27. The SMILES string of the molecule is CCc1nc2cc(NC(C)CC3CCCCN3)ccc2o1. The number of anilines is 1. The summed E-state index contributed by atoms with van der Waals surface area (Å²) in [5.41, 5.74) is 2.95. The summed E-state index contributed by atoms with van der Waals surface area (Å²) in [7, 11) is 0. The number of nitrogens with zero attached hydrogens (tertiary/aromatic N) is 1. The molecule has 1 aliphatic heterocycles. The molecular formula is C17H25N3O. The van der Waals surface area contributed by atoms with Crippen LogP contribution in [0.25, 0.3) is 11.1 Å². The maximum Gasteiger partial charge on any atom is 0.195 e. The van der Waals surface area contributed by atoms with Crippen molar-refractivity contribution < 1.29 is 4.42 Å². The summed E-state index contributed by atoms with van der Waals surface area (Å²) in [5, 5.41) is 7.20. The van der Waals surface area contributed by atoms with Gasteiger partial charge in [0.25, 0.3) is 0 Å². The first-order valence-electron chi connectivity index (χ1n) is 8.14. The lowest BCUT2D eigenvalue weighted by Crippen LogP contribution is -2.37. The van der Waals surface area contributed by atoms with Gasteiger partial charge < -0.3 is 15.1 Å². The second kappa shape index (κ2) is 6.48. The number of fused-ring (bicyclic) bond motifs is 1. The van der Waals surface area contributed by atoms with Crippen LogP contribution in [-0.2, 0) is 6.42 Å². The largest absolute Gasteiger partial charge is 0.441 e. The Hall–Kier alpha value is -1.55. The quantitative estimate of drug-likeness (QED) is 0.880. The first-order valence-corrected chi connectivity index (χ1v) is 8.14. The van der Waals surface area contributed by atoms with Gasteiger partial charge >= 0.3 is 0 Å². The Morgan fingerprint density at radius 2 is 2.33 bits per heavy atom. The van der Waals surface area contributed by atoms with Gasteiger partial charge in [0.15, 0.2) is 11.5 Å². The molecule has 0 saturated carbocycles. The van der Waals surface area contributed by atoms with E-state index in [4.69, 9.17) is 4.42 Å². The molecule has 1 aliphatic rings. The van der Waals surface area contributed by atoms with E-state index in [9.17, 15) is 0 Å². The highest BCUT2D eigenvalue weighted by Crippen LogP contribution is 2.22. The summed E-state index contributed by atoms with van der Waals surface area (Å²) in [6.07, 6.45) is 5.97. The molecule has 4 nitrogen and oxygen atoms in total. The van der Waals surface area contributed by atoms with Gasteiger partial charge in [0.1, 0.15) is 5.52 Å². The summed E-state index contributed by atoms with van der Waals surface area (Å²) in [4.78, 5) is 4.50. The Morgan fingerprint density at radius 3 is 3.10 bits per heavy atom. The smallest absolute Gasteiger partial charge is 0.195 e. The van der Waals surface area contributed by atoms with Crippen molar-refractivity contribution in [3.8, 4) is 0 Å². The standard InChI is InChI=1S/C17H25N3O/c1-3-17-20-15-11-14(7-8-16(15)21-17)19-12(2)10-13-6-4-5-9-18-13/h7-8,11-13,18-19H,3-6,9-10H2,1-2H3. The molecule has 1 aromatic carbocycles. The Kier molecular flexibility index (Phi) is 4.44. The molecule has 1 aromatic heterocycles. The van der Waals surface area contributed by atoms with Gasteiger partial charge in [0.05, 0.1) is 0 Å². The van der Waals surface area contributed by atoms with E-state index in [1.54, 1.807) is 0 Å². The Balaban J connectivity index is 1.63. The van der Waals surface area contributed by atoms with Crippen LogP contribution < -0.4 is 10.6 Å². The van der Waals surface area contributed by atoms with Gasteiger partial charge in [-0.2, -0.15) is 0 Å². The van der Waals surface area contributed by atoms with Gasteiger partial charge in [-0.3, -0.25) is 0 Å². The molecule has 0 aliphatic carbocycles. The molecule has 114 valence electrons. The number of rotatable bonds is 5. The first kappa shape index (κ1) is 14.4. The Labute approximate surface area is 126 Å². The van der Waals surface area contributed by atoms with Crippen molar-refractivity contribution >= 4 is 16.8 Å². The predicted molar refractivity (Wildman–Crippen MR) is 86.7 cm³/mol. The maximum atomic E-state index is 5.65. The number of oxazole rings is 1. The summed E-state index contributed by atoms with van der Waals surface area (Å²) in [6, 6.07) is 7.29. The van der Waals surface area contributed by atoms with Crippen molar-refractivity contribution in [1.29, 1.82) is 0 Å². The minimum atomic E-state index is 0.454. The second-order valence-electron chi connectivity index (χ2n) is 6.07. The van der Waals surface area contributed by atoms with Crippen LogP contribution in [0, 0.1) is 0 Å². The third-order valence-corrected chi connectivity index (χ3v) is 4.20. The average molecular weight is 287 g/mol. The summed E-state index contributed by atoms with van der Waals surface area (Å²) < 4.78 is 5.65. The normalized spacial score (nSPS) is 20.6. The number of aromatic nitrogens is 1. The minimum absolute atomic E-state index is 0.454. The van der Waals surface area contributed by atoms with E-state index >= 15 is 0 Å². The molecule has 0 spiro atoms. The molecule has 2 unspecified atom stereocenters. The van der Waals surface area contributed by atoms with Crippen LogP contribution >= 0.6 is 0 Å². The van der Waals surface area contributed by atoms with Gasteiger partial charge in [-0.1, -0.05) is 13.3 Å². The highest BCUT2D eigenvalue weighted by molar-refractivity contribution is 5.77. The monoisotopic (exact) mass is 287 g/mol. The van der Waals surface area contributed by atoms with Crippen LogP contribution in [-0.4, -0.2) is 23.6 Å². The lowest BCUT2D eigenvalue weighted by atomic mass is 9.98. The number of aryl methyl sites for hydroxylation is 1. The van der Waals surface area contributed by atoms with E-state index < -0.39 is 0 Å². The van der Waals surface area contributed by atoms with E-state index in [2.05, 4.69) is 41.6 Å². The zero-order valence-electron chi connectivity index (χ0n) is 13.0. The number of benzene rings is 1. The number of hydrogen-bond acceptors (Lipinski definition) is 4. The van der Waals surface area contributed by atoms with Crippen molar-refractivity contribution in [1.82, 2.24) is 10.3 Å². The zero-order valence-corrected chi connectivity index (χ0v) is 13.0. The predicted octanol–water partition coefficient (Wildman–Crippen LogP) is 3.72. The molecule has 0 amide bonds. The van der Waals surface area contributed by atoms with E-state index in [-0.39, 0.29) is 0 Å². The van der Waals surface area contributed by atoms with Gasteiger partial charge in [0, 0.05) is 24.2 Å². The molecule has 2 N–H and O–H groups in total. The molecule has 21 heavy (non-hydrogen) atoms. The third-order valence-electron chi connectivity index (χ3n) is 4.20. The van der Waals surface area contributed by atoms with Crippen LogP contribution in [0.1, 0.15) is 45.4 Å². The van der Waals surface area contributed by atoms with Crippen molar-refractivity contribution in [2.24, 2.45) is 0 Å². The van der Waals surface area contributed by atoms with Crippen LogP contribution in [0.5, 0.6) is 0 Å². The van der Waals surface area contributed by atoms with Crippen LogP contribution in [0.15, 0.2) is 22.6 Å². The van der Waals surface area contributed by atoms with E-state index in [0.29, 0.717) is 12.1 Å². The summed E-state index contributed by atoms with van der Waals surface area (Å²) in [5.74, 6) is 0.807. The first-order chi connectivity index (χ1) is 10.2. The van der Waals surface area contributed by atoms with Crippen LogP contribution in [0.3, 0.4) is 0 Å². The number of hydrogen-bond donors (Lipinski definition) is 2. The minimum Gasteiger partial charge on any atom is -0.441 e. The van der Waals surface area contributed by atoms with Gasteiger partial charge in [-0.15, -0.1) is 0 Å². The fourth-order valence-electron chi connectivity index (χ4n) is 3.11. The molecule has 2 aromatic rings. The van der Waals surface area contributed by atoms with E-state index in [1.165, 1.54) is 25.8 Å². The van der Waals surface area contributed by atoms with Gasteiger partial charge in [0.2, 0.25) is 0 Å². The third kappa shape index (κ3) is 3.56. The highest BCUT2D eigenvalue weighted by Gasteiger charge is 2.16. The van der Waals surface area contributed by atoms with Gasteiger partial charge in [-0.25, -0.2) is 4.98 Å². The van der Waals surface area contributed by atoms with Crippen molar-refractivity contribution in [3.05, 3.63) is 24.1 Å². The van der Waals surface area contributed by atoms with E-state index in [0.717, 1.165) is 35.5 Å². The Bertz CT molecular complexity index is 587. The molecule has 2 heterocycles. The van der Waals surface area contributed by atoms with Crippen LogP contribution in [0.2, 0.25) is 0 Å². The fraction of sp³-hybridized carbons (Fsp3) is 0.588. The molecule has 3 rings (SSSR count). The summed E-state index contributed by atoms with van der Waals surface area (Å²) >= 11 is 0. The number of piperidine rings is 1. The van der Waals surface area contributed by atoms with E-state index in [1.807, 2.05) is 6.07 Å². The average Bonchev–Trinajstić information content (AvgIpc) is 2.90. The molecule has 4 heteroatoms. The lowest BCUT2D eigenvalue weighted by molar-refractivity contribution is 0.371. The highest BCUT2D eigenvalue weighted by atomic mass is 16.3. The molecule has 2 atom stereocenters. The Morgan fingerprint density at radius 1 is 1.43 bits per heavy atom. The topological polar surface area (TPSA) is 50.1 Å². The molecule has 0 radical (unpaired) electrons.